The fourth-order valence-corrected chi connectivity index (χ4v) is 4.95. The van der Waals surface area contributed by atoms with E-state index in [0.29, 0.717) is 17.3 Å². The van der Waals surface area contributed by atoms with Gasteiger partial charge in [-0.05, 0) is 55.0 Å². The third-order valence-corrected chi connectivity index (χ3v) is 7.07. The van der Waals surface area contributed by atoms with Gasteiger partial charge in [0.2, 0.25) is 0 Å². The predicted octanol–water partition coefficient (Wildman–Crippen LogP) is 3.59. The largest absolute Gasteiger partial charge is 0.497 e. The molecule has 0 amide bonds. The van der Waals surface area contributed by atoms with Crippen molar-refractivity contribution < 1.29 is 17.5 Å². The highest BCUT2D eigenvalue weighted by molar-refractivity contribution is 7.99. The second kappa shape index (κ2) is 8.74. The van der Waals surface area contributed by atoms with Crippen LogP contribution in [-0.4, -0.2) is 41.8 Å². The van der Waals surface area contributed by atoms with Crippen LogP contribution in [0.5, 0.6) is 5.75 Å². The summed E-state index contributed by atoms with van der Waals surface area (Å²) in [4.78, 5) is 0.138. The maximum Gasteiger partial charge on any atom is 0.191 e. The monoisotopic (exact) mass is 421 g/mol. The van der Waals surface area contributed by atoms with Crippen LogP contribution in [0.4, 0.5) is 4.39 Å². The van der Waals surface area contributed by atoms with E-state index in [0.717, 1.165) is 29.3 Å². The highest BCUT2D eigenvalue weighted by Crippen LogP contribution is 2.25. The van der Waals surface area contributed by atoms with Gasteiger partial charge in [0.25, 0.3) is 0 Å². The Hall–Kier alpha value is -2.39. The minimum absolute atomic E-state index is 0.00514. The maximum absolute atomic E-state index is 12.9. The lowest BCUT2D eigenvalue weighted by molar-refractivity contribution is 0.415. The molecule has 6 nitrogen and oxygen atoms in total. The maximum atomic E-state index is 12.9. The number of methoxy groups -OCH3 is 1. The molecule has 0 N–H and O–H groups in total. The lowest BCUT2D eigenvalue weighted by atomic mass is 10.2. The molecule has 1 aromatic heterocycles. The fraction of sp³-hybridized carbons (Fsp3) is 0.263. The van der Waals surface area contributed by atoms with Gasteiger partial charge in [0, 0.05) is 18.4 Å². The molecule has 0 aliphatic heterocycles. The van der Waals surface area contributed by atoms with Crippen molar-refractivity contribution in [1.82, 2.24) is 14.8 Å². The second-order valence-corrected chi connectivity index (χ2v) is 9.24. The zero-order chi connectivity index (χ0) is 20.1. The highest BCUT2D eigenvalue weighted by atomic mass is 32.2. The van der Waals surface area contributed by atoms with Crippen molar-refractivity contribution in [2.75, 3.05) is 18.6 Å². The van der Waals surface area contributed by atoms with E-state index in [9.17, 15) is 12.8 Å². The lowest BCUT2D eigenvalue weighted by Crippen LogP contribution is -2.08. The molecule has 0 bridgehead atoms. The number of benzene rings is 2. The van der Waals surface area contributed by atoms with E-state index in [4.69, 9.17) is 4.74 Å². The topological polar surface area (TPSA) is 74.1 Å². The van der Waals surface area contributed by atoms with E-state index in [-0.39, 0.29) is 10.6 Å². The summed E-state index contributed by atoms with van der Waals surface area (Å²) < 4.78 is 44.6. The molecule has 0 fully saturated rings. The summed E-state index contributed by atoms with van der Waals surface area (Å²) in [5.41, 5.74) is 0.918. The molecule has 0 radical (unpaired) electrons. The summed E-state index contributed by atoms with van der Waals surface area (Å²) in [5, 5.41) is 9.13. The Morgan fingerprint density at radius 2 is 1.75 bits per heavy atom. The SMILES string of the molecule is COc1ccc(-c2nnc(SCCCS(=O)(=O)c3ccc(F)cc3)n2C)cc1. The molecule has 9 heteroatoms. The molecule has 0 aliphatic rings. The van der Waals surface area contributed by atoms with Gasteiger partial charge >= 0.3 is 0 Å². The van der Waals surface area contributed by atoms with Gasteiger partial charge in [-0.1, -0.05) is 11.8 Å². The standard InChI is InChI=1S/C19H20FN3O3S2/c1-23-18(14-4-8-16(26-2)9-5-14)21-22-19(23)27-12-3-13-28(24,25)17-10-6-15(20)7-11-17/h4-11H,3,12-13H2,1-2H3. The van der Waals surface area contributed by atoms with Gasteiger partial charge in [0.05, 0.1) is 17.8 Å². The van der Waals surface area contributed by atoms with Gasteiger partial charge in [-0.3, -0.25) is 0 Å². The van der Waals surface area contributed by atoms with Gasteiger partial charge in [-0.15, -0.1) is 10.2 Å². The Morgan fingerprint density at radius 1 is 1.07 bits per heavy atom. The third kappa shape index (κ3) is 4.71. The molecule has 0 saturated heterocycles. The molecule has 148 valence electrons. The number of sulfone groups is 1. The molecule has 0 unspecified atom stereocenters. The molecular formula is C19H20FN3O3S2. The van der Waals surface area contributed by atoms with Crippen molar-refractivity contribution >= 4 is 21.6 Å². The number of thioether (sulfide) groups is 1. The van der Waals surface area contributed by atoms with Crippen molar-refractivity contribution in [3.05, 3.63) is 54.3 Å². The van der Waals surface area contributed by atoms with Crippen LogP contribution in [0.2, 0.25) is 0 Å². The summed E-state index contributed by atoms with van der Waals surface area (Å²) in [6.45, 7) is 0. The van der Waals surface area contributed by atoms with Crippen molar-refractivity contribution in [2.24, 2.45) is 7.05 Å². The normalized spacial score (nSPS) is 11.5. The van der Waals surface area contributed by atoms with E-state index in [2.05, 4.69) is 10.2 Å². The number of nitrogens with zero attached hydrogens (tertiary/aromatic N) is 3. The van der Waals surface area contributed by atoms with Crippen molar-refractivity contribution in [2.45, 2.75) is 16.5 Å². The predicted molar refractivity (Wildman–Crippen MR) is 107 cm³/mol. The van der Waals surface area contributed by atoms with Crippen molar-refractivity contribution in [3.63, 3.8) is 0 Å². The summed E-state index contributed by atoms with van der Waals surface area (Å²) in [7, 11) is 0.0649. The number of hydrogen-bond donors (Lipinski definition) is 0. The molecule has 0 atom stereocenters. The Morgan fingerprint density at radius 3 is 2.39 bits per heavy atom. The first kappa shape index (κ1) is 20.3. The number of hydrogen-bond acceptors (Lipinski definition) is 6. The summed E-state index contributed by atoms with van der Waals surface area (Å²) in [6.07, 6.45) is 0.453. The van der Waals surface area contributed by atoms with Crippen LogP contribution in [0.1, 0.15) is 6.42 Å². The van der Waals surface area contributed by atoms with Crippen LogP contribution in [0.25, 0.3) is 11.4 Å². The van der Waals surface area contributed by atoms with Crippen LogP contribution in [0.3, 0.4) is 0 Å². The molecule has 3 rings (SSSR count). The quantitative estimate of drug-likeness (QED) is 0.314. The zero-order valence-electron chi connectivity index (χ0n) is 15.5. The molecule has 3 aromatic rings. The third-order valence-electron chi connectivity index (χ3n) is 4.14. The fourth-order valence-electron chi connectivity index (χ4n) is 2.60. The average Bonchev–Trinajstić information content (AvgIpc) is 3.06. The van der Waals surface area contributed by atoms with Crippen molar-refractivity contribution in [1.29, 1.82) is 0 Å². The van der Waals surface area contributed by atoms with Gasteiger partial charge in [0.1, 0.15) is 11.6 Å². The molecule has 2 aromatic carbocycles. The van der Waals surface area contributed by atoms with Crippen LogP contribution in [0.15, 0.2) is 58.6 Å². The molecule has 0 aliphatic carbocycles. The lowest BCUT2D eigenvalue weighted by Gasteiger charge is -2.06. The van der Waals surface area contributed by atoms with Gasteiger partial charge < -0.3 is 9.30 Å². The van der Waals surface area contributed by atoms with Gasteiger partial charge in [-0.2, -0.15) is 0 Å². The summed E-state index contributed by atoms with van der Waals surface area (Å²) in [6, 6.07) is 12.4. The molecule has 0 spiro atoms. The zero-order valence-corrected chi connectivity index (χ0v) is 17.1. The van der Waals surface area contributed by atoms with Gasteiger partial charge in [0.15, 0.2) is 20.8 Å². The summed E-state index contributed by atoms with van der Waals surface area (Å²) >= 11 is 1.45. The molecule has 28 heavy (non-hydrogen) atoms. The Balaban J connectivity index is 1.58. The Bertz CT molecular complexity index is 1030. The first-order valence-electron chi connectivity index (χ1n) is 8.55. The van der Waals surface area contributed by atoms with Crippen LogP contribution in [-0.2, 0) is 16.9 Å². The number of halogens is 1. The van der Waals surface area contributed by atoms with E-state index in [1.165, 1.54) is 23.9 Å². The van der Waals surface area contributed by atoms with E-state index in [1.54, 1.807) is 7.11 Å². The van der Waals surface area contributed by atoms with Crippen molar-refractivity contribution in [3.8, 4) is 17.1 Å². The Kier molecular flexibility index (Phi) is 6.35. The number of ether oxygens (including phenoxy) is 1. The van der Waals surface area contributed by atoms with E-state index in [1.807, 2.05) is 35.9 Å². The van der Waals surface area contributed by atoms with E-state index < -0.39 is 15.7 Å². The molecule has 0 saturated carbocycles. The smallest absolute Gasteiger partial charge is 0.191 e. The highest BCUT2D eigenvalue weighted by Gasteiger charge is 2.15. The summed E-state index contributed by atoms with van der Waals surface area (Å²) in [5.74, 6) is 1.61. The van der Waals surface area contributed by atoms with Crippen LogP contribution >= 0.6 is 11.8 Å². The second-order valence-electron chi connectivity index (χ2n) is 6.07. The number of aromatic nitrogens is 3. The first-order valence-corrected chi connectivity index (χ1v) is 11.2. The minimum atomic E-state index is -3.42. The Labute approximate surface area is 167 Å². The molecule has 1 heterocycles. The van der Waals surface area contributed by atoms with E-state index >= 15 is 0 Å². The first-order chi connectivity index (χ1) is 13.4. The van der Waals surface area contributed by atoms with Gasteiger partial charge in [-0.25, -0.2) is 12.8 Å². The minimum Gasteiger partial charge on any atom is -0.497 e. The van der Waals surface area contributed by atoms with Crippen LogP contribution in [0, 0.1) is 5.82 Å². The molecular weight excluding hydrogens is 401 g/mol. The number of rotatable bonds is 8. The average molecular weight is 422 g/mol. The van der Waals surface area contributed by atoms with Crippen LogP contribution < -0.4 is 4.74 Å².